The van der Waals surface area contributed by atoms with Crippen molar-refractivity contribution >= 4 is 0 Å². The van der Waals surface area contributed by atoms with Crippen LogP contribution in [-0.4, -0.2) is 22.8 Å². The van der Waals surface area contributed by atoms with Crippen LogP contribution in [0.1, 0.15) is 30.7 Å². The molecule has 2 N–H and O–H groups in total. The largest absolute Gasteiger partial charge is 0.435 e. The average Bonchev–Trinajstić information content (AvgIpc) is 2.67. The van der Waals surface area contributed by atoms with E-state index in [2.05, 4.69) is 15.5 Å². The molecule has 1 aliphatic heterocycles. The maximum absolute atomic E-state index is 12.3. The molecular weight excluding hydrogens is 219 g/mol. The standard InChI is InChI=1S/C10H14F3N3/c11-10(12,13)9-6-8(15-16-9)5-7-3-1-2-4-14-7/h6-7,14H,1-5H2,(H,15,16). The summed E-state index contributed by atoms with van der Waals surface area (Å²) in [5.74, 6) is 0. The summed E-state index contributed by atoms with van der Waals surface area (Å²) in [4.78, 5) is 0. The van der Waals surface area contributed by atoms with Gasteiger partial charge >= 0.3 is 6.18 Å². The molecule has 2 heterocycles. The highest BCUT2D eigenvalue weighted by atomic mass is 19.4. The van der Waals surface area contributed by atoms with Crippen molar-refractivity contribution in [1.29, 1.82) is 0 Å². The topological polar surface area (TPSA) is 40.7 Å². The Balaban J connectivity index is 1.97. The van der Waals surface area contributed by atoms with E-state index in [0.717, 1.165) is 31.9 Å². The molecule has 1 aliphatic rings. The Bertz CT molecular complexity index is 339. The van der Waals surface area contributed by atoms with Gasteiger partial charge in [-0.05, 0) is 25.5 Å². The number of aromatic nitrogens is 2. The fraction of sp³-hybridized carbons (Fsp3) is 0.700. The fourth-order valence-electron chi connectivity index (χ4n) is 1.98. The number of aromatic amines is 1. The summed E-state index contributed by atoms with van der Waals surface area (Å²) in [6.07, 6.45) is -0.469. The van der Waals surface area contributed by atoms with Gasteiger partial charge in [-0.2, -0.15) is 18.3 Å². The quantitative estimate of drug-likeness (QED) is 0.821. The molecule has 0 amide bonds. The van der Waals surface area contributed by atoms with Crippen molar-refractivity contribution in [3.05, 3.63) is 17.5 Å². The minimum Gasteiger partial charge on any atom is -0.314 e. The van der Waals surface area contributed by atoms with Crippen LogP contribution in [0.5, 0.6) is 0 Å². The first-order chi connectivity index (χ1) is 7.55. The monoisotopic (exact) mass is 233 g/mol. The van der Waals surface area contributed by atoms with Gasteiger partial charge in [0, 0.05) is 18.2 Å². The van der Waals surface area contributed by atoms with Gasteiger partial charge in [0.1, 0.15) is 0 Å². The number of piperidine rings is 1. The van der Waals surface area contributed by atoms with Crippen LogP contribution in [0.15, 0.2) is 6.07 Å². The van der Waals surface area contributed by atoms with Crippen molar-refractivity contribution in [1.82, 2.24) is 15.5 Å². The van der Waals surface area contributed by atoms with Gasteiger partial charge in [0.15, 0.2) is 5.69 Å². The zero-order valence-corrected chi connectivity index (χ0v) is 8.77. The second-order valence-corrected chi connectivity index (χ2v) is 4.13. The molecule has 0 saturated carbocycles. The summed E-state index contributed by atoms with van der Waals surface area (Å²) >= 11 is 0. The Morgan fingerprint density at radius 3 is 2.75 bits per heavy atom. The number of hydrogen-bond acceptors (Lipinski definition) is 2. The number of rotatable bonds is 2. The van der Waals surface area contributed by atoms with Crippen LogP contribution in [0, 0.1) is 0 Å². The number of H-pyrrole nitrogens is 1. The van der Waals surface area contributed by atoms with Crippen LogP contribution in [0.3, 0.4) is 0 Å². The smallest absolute Gasteiger partial charge is 0.314 e. The van der Waals surface area contributed by atoms with Crippen LogP contribution in [0.25, 0.3) is 0 Å². The first kappa shape index (κ1) is 11.4. The van der Waals surface area contributed by atoms with E-state index in [4.69, 9.17) is 0 Å². The molecule has 6 heteroatoms. The van der Waals surface area contributed by atoms with Gasteiger partial charge in [0.2, 0.25) is 0 Å². The Morgan fingerprint density at radius 1 is 1.38 bits per heavy atom. The molecule has 3 nitrogen and oxygen atoms in total. The predicted octanol–water partition coefficient (Wildman–Crippen LogP) is 2.11. The zero-order chi connectivity index (χ0) is 11.6. The lowest BCUT2D eigenvalue weighted by Crippen LogP contribution is -2.35. The van der Waals surface area contributed by atoms with Gasteiger partial charge in [-0.25, -0.2) is 0 Å². The maximum atomic E-state index is 12.3. The molecular formula is C10H14F3N3. The highest BCUT2D eigenvalue weighted by molar-refractivity contribution is 5.12. The molecule has 0 bridgehead atoms. The van der Waals surface area contributed by atoms with Gasteiger partial charge in [-0.3, -0.25) is 5.10 Å². The first-order valence-electron chi connectivity index (χ1n) is 5.40. The molecule has 1 fully saturated rings. The first-order valence-corrected chi connectivity index (χ1v) is 5.40. The molecule has 1 saturated heterocycles. The molecule has 1 unspecified atom stereocenters. The number of halogens is 3. The van der Waals surface area contributed by atoms with E-state index < -0.39 is 11.9 Å². The van der Waals surface area contributed by atoms with Gasteiger partial charge < -0.3 is 5.32 Å². The Hall–Kier alpha value is -1.04. The molecule has 1 atom stereocenters. The van der Waals surface area contributed by atoms with Crippen molar-refractivity contribution in [2.45, 2.75) is 37.9 Å². The fourth-order valence-corrected chi connectivity index (χ4v) is 1.98. The summed E-state index contributed by atoms with van der Waals surface area (Å²) in [6.45, 7) is 0.949. The van der Waals surface area contributed by atoms with E-state index in [-0.39, 0.29) is 6.04 Å². The van der Waals surface area contributed by atoms with E-state index >= 15 is 0 Å². The lowest BCUT2D eigenvalue weighted by atomic mass is 10.0. The molecule has 1 aromatic rings. The molecule has 0 radical (unpaired) electrons. The zero-order valence-electron chi connectivity index (χ0n) is 8.77. The molecule has 2 rings (SSSR count). The molecule has 0 spiro atoms. The molecule has 0 aliphatic carbocycles. The highest BCUT2D eigenvalue weighted by Gasteiger charge is 2.33. The Labute approximate surface area is 91.4 Å². The van der Waals surface area contributed by atoms with Crippen molar-refractivity contribution in [2.75, 3.05) is 6.54 Å². The second kappa shape index (κ2) is 4.45. The van der Waals surface area contributed by atoms with Gasteiger partial charge in [-0.1, -0.05) is 6.42 Å². The minimum absolute atomic E-state index is 0.273. The SMILES string of the molecule is FC(F)(F)c1cc(CC2CCCCN2)[nH]n1. The minimum atomic E-state index is -4.35. The van der Waals surface area contributed by atoms with Crippen molar-refractivity contribution < 1.29 is 13.2 Å². The summed E-state index contributed by atoms with van der Waals surface area (Å²) in [6, 6.07) is 1.37. The van der Waals surface area contributed by atoms with Gasteiger partial charge in [-0.15, -0.1) is 0 Å². The van der Waals surface area contributed by atoms with Crippen LogP contribution < -0.4 is 5.32 Å². The van der Waals surface area contributed by atoms with Gasteiger partial charge in [0.25, 0.3) is 0 Å². The van der Waals surface area contributed by atoms with Crippen molar-refractivity contribution in [3.63, 3.8) is 0 Å². The normalized spacial score (nSPS) is 22.3. The highest BCUT2D eigenvalue weighted by Crippen LogP contribution is 2.28. The third-order valence-corrected chi connectivity index (χ3v) is 2.80. The van der Waals surface area contributed by atoms with E-state index in [9.17, 15) is 13.2 Å². The van der Waals surface area contributed by atoms with Gasteiger partial charge in [0.05, 0.1) is 0 Å². The van der Waals surface area contributed by atoms with E-state index in [1.807, 2.05) is 0 Å². The lowest BCUT2D eigenvalue weighted by molar-refractivity contribution is -0.141. The van der Waals surface area contributed by atoms with E-state index in [1.54, 1.807) is 0 Å². The Kier molecular flexibility index (Phi) is 3.18. The summed E-state index contributed by atoms with van der Waals surface area (Å²) in [5.41, 5.74) is -0.287. The number of nitrogens with zero attached hydrogens (tertiary/aromatic N) is 1. The van der Waals surface area contributed by atoms with E-state index in [0.29, 0.717) is 12.1 Å². The molecule has 90 valence electrons. The average molecular weight is 233 g/mol. The van der Waals surface area contributed by atoms with Crippen LogP contribution in [0.2, 0.25) is 0 Å². The summed E-state index contributed by atoms with van der Waals surface area (Å²) in [7, 11) is 0. The van der Waals surface area contributed by atoms with Crippen molar-refractivity contribution in [3.8, 4) is 0 Å². The second-order valence-electron chi connectivity index (χ2n) is 4.13. The predicted molar refractivity (Wildman–Crippen MR) is 52.9 cm³/mol. The number of alkyl halides is 3. The molecule has 0 aromatic carbocycles. The maximum Gasteiger partial charge on any atom is 0.435 e. The Morgan fingerprint density at radius 2 is 2.19 bits per heavy atom. The van der Waals surface area contributed by atoms with E-state index in [1.165, 1.54) is 0 Å². The summed E-state index contributed by atoms with van der Waals surface area (Å²) in [5, 5.41) is 9.01. The van der Waals surface area contributed by atoms with Crippen molar-refractivity contribution in [2.24, 2.45) is 0 Å². The molecule has 1 aromatic heterocycles. The third kappa shape index (κ3) is 2.75. The number of hydrogen-bond donors (Lipinski definition) is 2. The number of nitrogens with one attached hydrogen (secondary N) is 2. The third-order valence-electron chi connectivity index (χ3n) is 2.80. The summed E-state index contributed by atoms with van der Waals surface area (Å²) < 4.78 is 36.8. The molecule has 16 heavy (non-hydrogen) atoms. The van der Waals surface area contributed by atoms with Crippen LogP contribution in [-0.2, 0) is 12.6 Å². The van der Waals surface area contributed by atoms with Crippen LogP contribution in [0.4, 0.5) is 13.2 Å². The lowest BCUT2D eigenvalue weighted by Gasteiger charge is -2.22. The van der Waals surface area contributed by atoms with Crippen LogP contribution >= 0.6 is 0 Å².